The number of amides is 1. The fourth-order valence-corrected chi connectivity index (χ4v) is 2.11. The van der Waals surface area contributed by atoms with Crippen LogP contribution in [-0.2, 0) is 9.53 Å². The number of halogens is 1. The highest BCUT2D eigenvalue weighted by atomic mass is 35.5. The van der Waals surface area contributed by atoms with Crippen LogP contribution in [0.1, 0.15) is 21.5 Å². The molecule has 0 aliphatic rings. The van der Waals surface area contributed by atoms with Crippen LogP contribution in [-0.4, -0.2) is 18.5 Å². The molecule has 2 rings (SSSR count). The summed E-state index contributed by atoms with van der Waals surface area (Å²) in [4.78, 5) is 23.8. The lowest BCUT2D eigenvalue weighted by Gasteiger charge is -2.10. The first-order chi connectivity index (χ1) is 10.5. The summed E-state index contributed by atoms with van der Waals surface area (Å²) in [6.07, 6.45) is 0. The third-order valence-corrected chi connectivity index (χ3v) is 3.64. The van der Waals surface area contributed by atoms with E-state index in [0.29, 0.717) is 16.3 Å². The Morgan fingerprint density at radius 3 is 2.55 bits per heavy atom. The van der Waals surface area contributed by atoms with E-state index in [1.54, 1.807) is 36.4 Å². The number of rotatable bonds is 4. The number of ether oxygens (including phenoxy) is 1. The van der Waals surface area contributed by atoms with Crippen molar-refractivity contribution < 1.29 is 14.3 Å². The Labute approximate surface area is 134 Å². The summed E-state index contributed by atoms with van der Waals surface area (Å²) in [5.74, 6) is -0.956. The lowest BCUT2D eigenvalue weighted by molar-refractivity contribution is -0.119. The Morgan fingerprint density at radius 2 is 1.82 bits per heavy atom. The molecule has 0 aliphatic carbocycles. The van der Waals surface area contributed by atoms with Gasteiger partial charge in [0.1, 0.15) is 0 Å². The third-order valence-electron chi connectivity index (χ3n) is 3.31. The van der Waals surface area contributed by atoms with Gasteiger partial charge in [0.2, 0.25) is 0 Å². The summed E-state index contributed by atoms with van der Waals surface area (Å²) in [6.45, 7) is 3.39. The van der Waals surface area contributed by atoms with Gasteiger partial charge >= 0.3 is 5.97 Å². The number of hydrogen-bond donors (Lipinski definition) is 1. The Balaban J connectivity index is 1.95. The highest BCUT2D eigenvalue weighted by Crippen LogP contribution is 2.20. The number of carbonyl (C=O) groups excluding carboxylic acids is 2. The number of benzene rings is 2. The molecule has 0 radical (unpaired) electrons. The average molecular weight is 318 g/mol. The highest BCUT2D eigenvalue weighted by Gasteiger charge is 2.14. The number of anilines is 1. The monoisotopic (exact) mass is 317 g/mol. The normalized spacial score (nSPS) is 10.1. The van der Waals surface area contributed by atoms with Gasteiger partial charge in [-0.05, 0) is 43.2 Å². The van der Waals surface area contributed by atoms with Gasteiger partial charge in [0, 0.05) is 0 Å². The van der Waals surface area contributed by atoms with Crippen molar-refractivity contribution in [1.29, 1.82) is 0 Å². The van der Waals surface area contributed by atoms with Crippen LogP contribution in [0.5, 0.6) is 0 Å². The van der Waals surface area contributed by atoms with Crippen molar-refractivity contribution in [2.45, 2.75) is 13.8 Å². The van der Waals surface area contributed by atoms with Crippen molar-refractivity contribution in [3.8, 4) is 0 Å². The predicted octanol–water partition coefficient (Wildman–Crippen LogP) is 3.75. The average Bonchev–Trinajstić information content (AvgIpc) is 2.50. The van der Waals surface area contributed by atoms with E-state index in [0.717, 1.165) is 11.1 Å². The fourth-order valence-electron chi connectivity index (χ4n) is 1.93. The molecule has 114 valence electrons. The summed E-state index contributed by atoms with van der Waals surface area (Å²) in [5, 5.41) is 3.02. The minimum atomic E-state index is -0.518. The van der Waals surface area contributed by atoms with E-state index in [-0.39, 0.29) is 6.61 Å². The van der Waals surface area contributed by atoms with Crippen molar-refractivity contribution >= 4 is 29.2 Å². The zero-order valence-electron chi connectivity index (χ0n) is 12.4. The van der Waals surface area contributed by atoms with Crippen LogP contribution in [0.3, 0.4) is 0 Å². The quantitative estimate of drug-likeness (QED) is 0.874. The molecule has 0 saturated heterocycles. The van der Waals surface area contributed by atoms with Crippen molar-refractivity contribution in [3.05, 3.63) is 64.2 Å². The number of nitrogens with one attached hydrogen (secondary N) is 1. The third kappa shape index (κ3) is 3.86. The standard InChI is InChI=1S/C17H16ClNO3/c1-11-6-5-7-13(12(11)2)17(21)22-10-16(20)19-15-9-4-3-8-14(15)18/h3-9H,10H2,1-2H3,(H,19,20). The lowest BCUT2D eigenvalue weighted by Crippen LogP contribution is -2.21. The van der Waals surface area contributed by atoms with Gasteiger partial charge < -0.3 is 10.1 Å². The molecule has 0 aromatic heterocycles. The van der Waals surface area contributed by atoms with Crippen LogP contribution in [0.15, 0.2) is 42.5 Å². The second-order valence-corrected chi connectivity index (χ2v) is 5.26. The zero-order valence-corrected chi connectivity index (χ0v) is 13.1. The predicted molar refractivity (Wildman–Crippen MR) is 86.3 cm³/mol. The van der Waals surface area contributed by atoms with Gasteiger partial charge in [0.05, 0.1) is 16.3 Å². The first-order valence-corrected chi connectivity index (χ1v) is 7.14. The van der Waals surface area contributed by atoms with Crippen LogP contribution >= 0.6 is 11.6 Å². The van der Waals surface area contributed by atoms with Gasteiger partial charge in [-0.3, -0.25) is 4.79 Å². The van der Waals surface area contributed by atoms with Crippen molar-refractivity contribution in [3.63, 3.8) is 0 Å². The molecule has 0 fully saturated rings. The van der Waals surface area contributed by atoms with E-state index in [4.69, 9.17) is 16.3 Å². The molecular weight excluding hydrogens is 302 g/mol. The summed E-state index contributed by atoms with van der Waals surface area (Å²) < 4.78 is 5.04. The maximum Gasteiger partial charge on any atom is 0.338 e. The van der Waals surface area contributed by atoms with Crippen molar-refractivity contribution in [2.24, 2.45) is 0 Å². The van der Waals surface area contributed by atoms with E-state index in [1.807, 2.05) is 19.9 Å². The van der Waals surface area contributed by atoms with Gasteiger partial charge in [0.25, 0.3) is 5.91 Å². The SMILES string of the molecule is Cc1cccc(C(=O)OCC(=O)Nc2ccccc2Cl)c1C. The van der Waals surface area contributed by atoms with Gasteiger partial charge in [-0.1, -0.05) is 35.9 Å². The van der Waals surface area contributed by atoms with Crippen LogP contribution in [0.4, 0.5) is 5.69 Å². The topological polar surface area (TPSA) is 55.4 Å². The summed E-state index contributed by atoms with van der Waals surface area (Å²) in [6, 6.07) is 12.2. The summed E-state index contributed by atoms with van der Waals surface area (Å²) in [7, 11) is 0. The minimum absolute atomic E-state index is 0.364. The number of hydrogen-bond acceptors (Lipinski definition) is 3. The maximum absolute atomic E-state index is 12.0. The Morgan fingerprint density at radius 1 is 1.09 bits per heavy atom. The molecule has 2 aromatic carbocycles. The molecular formula is C17H16ClNO3. The molecule has 4 nitrogen and oxygen atoms in total. The van der Waals surface area contributed by atoms with Crippen molar-refractivity contribution in [2.75, 3.05) is 11.9 Å². The first kappa shape index (κ1) is 16.0. The number of aryl methyl sites for hydroxylation is 1. The van der Waals surface area contributed by atoms with E-state index in [1.165, 1.54) is 0 Å². The van der Waals surface area contributed by atoms with Crippen LogP contribution in [0, 0.1) is 13.8 Å². The van der Waals surface area contributed by atoms with E-state index in [9.17, 15) is 9.59 Å². The molecule has 1 N–H and O–H groups in total. The van der Waals surface area contributed by atoms with Crippen molar-refractivity contribution in [1.82, 2.24) is 0 Å². The molecule has 0 atom stereocenters. The van der Waals surface area contributed by atoms with Gasteiger partial charge in [-0.25, -0.2) is 4.79 Å². The lowest BCUT2D eigenvalue weighted by atomic mass is 10.0. The molecule has 0 aliphatic heterocycles. The van der Waals surface area contributed by atoms with Gasteiger partial charge in [0.15, 0.2) is 6.61 Å². The zero-order chi connectivity index (χ0) is 16.1. The largest absolute Gasteiger partial charge is 0.452 e. The highest BCUT2D eigenvalue weighted by molar-refractivity contribution is 6.33. The van der Waals surface area contributed by atoms with Crippen LogP contribution < -0.4 is 5.32 Å². The molecule has 0 heterocycles. The summed E-state index contributed by atoms with van der Waals surface area (Å²) >= 11 is 5.94. The Kier molecular flexibility index (Phi) is 5.17. The molecule has 0 unspecified atom stereocenters. The maximum atomic E-state index is 12.0. The second-order valence-electron chi connectivity index (χ2n) is 4.85. The number of para-hydroxylation sites is 1. The molecule has 0 saturated carbocycles. The molecule has 22 heavy (non-hydrogen) atoms. The molecule has 0 spiro atoms. The van der Waals surface area contributed by atoms with Gasteiger partial charge in [-0.2, -0.15) is 0 Å². The number of carbonyl (C=O) groups is 2. The van der Waals surface area contributed by atoms with E-state index >= 15 is 0 Å². The fraction of sp³-hybridized carbons (Fsp3) is 0.176. The summed E-state index contributed by atoms with van der Waals surface area (Å²) in [5.41, 5.74) is 2.79. The minimum Gasteiger partial charge on any atom is -0.452 e. The molecule has 0 bridgehead atoms. The molecule has 2 aromatic rings. The smallest absolute Gasteiger partial charge is 0.338 e. The first-order valence-electron chi connectivity index (χ1n) is 6.76. The van der Waals surface area contributed by atoms with Crippen LogP contribution in [0.25, 0.3) is 0 Å². The number of esters is 1. The Hall–Kier alpha value is -2.33. The molecule has 1 amide bonds. The molecule has 5 heteroatoms. The van der Waals surface area contributed by atoms with E-state index < -0.39 is 11.9 Å². The van der Waals surface area contributed by atoms with Gasteiger partial charge in [-0.15, -0.1) is 0 Å². The Bertz CT molecular complexity index is 713. The van der Waals surface area contributed by atoms with E-state index in [2.05, 4.69) is 5.32 Å². The van der Waals surface area contributed by atoms with Crippen LogP contribution in [0.2, 0.25) is 5.02 Å². The second kappa shape index (κ2) is 7.09.